The van der Waals surface area contributed by atoms with Gasteiger partial charge in [0, 0.05) is 0 Å². The van der Waals surface area contributed by atoms with Gasteiger partial charge in [0.2, 0.25) is 0 Å². The molecule has 0 spiro atoms. The fraction of sp³-hybridized carbons (Fsp3) is 0.417. The van der Waals surface area contributed by atoms with E-state index in [0.717, 1.165) is 18.9 Å². The molecule has 1 heterocycles. The van der Waals surface area contributed by atoms with Crippen molar-refractivity contribution in [2.24, 2.45) is 0 Å². The number of hydrogen-bond acceptors (Lipinski definition) is 4. The van der Waals surface area contributed by atoms with E-state index in [-0.39, 0.29) is 0 Å². The van der Waals surface area contributed by atoms with Crippen LogP contribution in [0.25, 0.3) is 0 Å². The van der Waals surface area contributed by atoms with E-state index in [4.69, 9.17) is 0 Å². The Morgan fingerprint density at radius 3 is 2.88 bits per heavy atom. The SMILES string of the molecule is CCNCc1nnnn1Cc1ccccc1C. The van der Waals surface area contributed by atoms with Crippen LogP contribution in [0.5, 0.6) is 0 Å². The van der Waals surface area contributed by atoms with Crippen molar-refractivity contribution in [3.8, 4) is 0 Å². The monoisotopic (exact) mass is 231 g/mol. The highest BCUT2D eigenvalue weighted by Crippen LogP contribution is 2.09. The van der Waals surface area contributed by atoms with Crippen molar-refractivity contribution in [2.45, 2.75) is 26.9 Å². The fourth-order valence-electron chi connectivity index (χ4n) is 1.66. The fourth-order valence-corrected chi connectivity index (χ4v) is 1.66. The van der Waals surface area contributed by atoms with Crippen molar-refractivity contribution in [2.75, 3.05) is 6.54 Å². The lowest BCUT2D eigenvalue weighted by atomic mass is 10.1. The van der Waals surface area contributed by atoms with Gasteiger partial charge < -0.3 is 5.32 Å². The van der Waals surface area contributed by atoms with Gasteiger partial charge in [-0.15, -0.1) is 5.10 Å². The first kappa shape index (κ1) is 11.7. The molecule has 17 heavy (non-hydrogen) atoms. The minimum atomic E-state index is 0.704. The van der Waals surface area contributed by atoms with Gasteiger partial charge in [-0.25, -0.2) is 4.68 Å². The lowest BCUT2D eigenvalue weighted by Gasteiger charge is -2.07. The minimum Gasteiger partial charge on any atom is -0.310 e. The summed E-state index contributed by atoms with van der Waals surface area (Å²) in [5, 5.41) is 15.0. The highest BCUT2D eigenvalue weighted by atomic mass is 15.5. The largest absolute Gasteiger partial charge is 0.310 e. The quantitative estimate of drug-likeness (QED) is 0.838. The highest BCUT2D eigenvalue weighted by Gasteiger charge is 2.06. The number of nitrogens with one attached hydrogen (secondary N) is 1. The van der Waals surface area contributed by atoms with Gasteiger partial charge in [0.25, 0.3) is 0 Å². The molecular formula is C12H17N5. The molecule has 0 saturated carbocycles. The molecule has 1 aromatic carbocycles. The number of aromatic nitrogens is 4. The van der Waals surface area contributed by atoms with Crippen LogP contribution < -0.4 is 5.32 Å². The molecular weight excluding hydrogens is 214 g/mol. The smallest absolute Gasteiger partial charge is 0.165 e. The molecule has 2 aromatic rings. The summed E-state index contributed by atoms with van der Waals surface area (Å²) in [6, 6.07) is 8.28. The third-order valence-electron chi connectivity index (χ3n) is 2.72. The van der Waals surface area contributed by atoms with E-state index in [1.54, 1.807) is 0 Å². The average Bonchev–Trinajstić information content (AvgIpc) is 2.77. The Kier molecular flexibility index (Phi) is 3.82. The number of hydrogen-bond donors (Lipinski definition) is 1. The number of benzene rings is 1. The van der Waals surface area contributed by atoms with Gasteiger partial charge in [-0.3, -0.25) is 0 Å². The van der Waals surface area contributed by atoms with E-state index >= 15 is 0 Å². The molecule has 0 aliphatic heterocycles. The van der Waals surface area contributed by atoms with Crippen LogP contribution in [0.3, 0.4) is 0 Å². The molecule has 0 saturated heterocycles. The summed E-state index contributed by atoms with van der Waals surface area (Å²) in [4.78, 5) is 0. The number of tetrazole rings is 1. The Balaban J connectivity index is 2.13. The Hall–Kier alpha value is -1.75. The van der Waals surface area contributed by atoms with Gasteiger partial charge in [0.15, 0.2) is 5.82 Å². The Morgan fingerprint density at radius 2 is 2.12 bits per heavy atom. The summed E-state index contributed by atoms with van der Waals surface area (Å²) < 4.78 is 1.84. The van der Waals surface area contributed by atoms with Crippen LogP contribution in [0.2, 0.25) is 0 Å². The normalized spacial score (nSPS) is 10.7. The lowest BCUT2D eigenvalue weighted by molar-refractivity contribution is 0.586. The molecule has 1 aromatic heterocycles. The summed E-state index contributed by atoms with van der Waals surface area (Å²) in [5.41, 5.74) is 2.51. The first-order valence-electron chi connectivity index (χ1n) is 5.81. The molecule has 1 N–H and O–H groups in total. The van der Waals surface area contributed by atoms with E-state index in [1.165, 1.54) is 11.1 Å². The Morgan fingerprint density at radius 1 is 1.29 bits per heavy atom. The topological polar surface area (TPSA) is 55.6 Å². The number of aryl methyl sites for hydroxylation is 1. The molecule has 90 valence electrons. The third-order valence-corrected chi connectivity index (χ3v) is 2.72. The predicted octanol–water partition coefficient (Wildman–Crippen LogP) is 1.14. The molecule has 0 aliphatic rings. The van der Waals surface area contributed by atoms with Gasteiger partial charge in [-0.05, 0) is 35.0 Å². The van der Waals surface area contributed by atoms with Gasteiger partial charge in [-0.2, -0.15) is 0 Å². The van der Waals surface area contributed by atoms with E-state index in [1.807, 2.05) is 16.8 Å². The van der Waals surface area contributed by atoms with Crippen molar-refractivity contribution >= 4 is 0 Å². The maximum absolute atomic E-state index is 4.02. The molecule has 0 radical (unpaired) electrons. The molecule has 0 bridgehead atoms. The minimum absolute atomic E-state index is 0.704. The molecule has 0 atom stereocenters. The van der Waals surface area contributed by atoms with Gasteiger partial charge >= 0.3 is 0 Å². The second kappa shape index (κ2) is 5.54. The summed E-state index contributed by atoms with van der Waals surface area (Å²) in [6.07, 6.45) is 0. The number of nitrogens with zero attached hydrogens (tertiary/aromatic N) is 4. The van der Waals surface area contributed by atoms with Gasteiger partial charge in [-0.1, -0.05) is 31.2 Å². The lowest BCUT2D eigenvalue weighted by Crippen LogP contribution is -2.17. The zero-order chi connectivity index (χ0) is 12.1. The summed E-state index contributed by atoms with van der Waals surface area (Å²) in [6.45, 7) is 6.51. The Bertz CT molecular complexity index is 477. The van der Waals surface area contributed by atoms with Crippen LogP contribution in [0, 0.1) is 6.92 Å². The van der Waals surface area contributed by atoms with Crippen LogP contribution in [0.15, 0.2) is 24.3 Å². The molecule has 0 fully saturated rings. The summed E-state index contributed by atoms with van der Waals surface area (Å²) in [5.74, 6) is 0.870. The van der Waals surface area contributed by atoms with Crippen LogP contribution in [0.4, 0.5) is 0 Å². The van der Waals surface area contributed by atoms with Crippen molar-refractivity contribution < 1.29 is 0 Å². The average molecular weight is 231 g/mol. The molecule has 5 nitrogen and oxygen atoms in total. The molecule has 5 heteroatoms. The summed E-state index contributed by atoms with van der Waals surface area (Å²) >= 11 is 0. The Labute approximate surface area is 101 Å². The zero-order valence-electron chi connectivity index (χ0n) is 10.2. The first-order chi connectivity index (χ1) is 8.31. The second-order valence-electron chi connectivity index (χ2n) is 3.96. The molecule has 0 aliphatic carbocycles. The molecule has 0 amide bonds. The predicted molar refractivity (Wildman–Crippen MR) is 65.5 cm³/mol. The van der Waals surface area contributed by atoms with Crippen LogP contribution in [0.1, 0.15) is 23.9 Å². The van der Waals surface area contributed by atoms with Crippen LogP contribution in [-0.2, 0) is 13.1 Å². The van der Waals surface area contributed by atoms with Gasteiger partial charge in [0.1, 0.15) is 0 Å². The van der Waals surface area contributed by atoms with Crippen LogP contribution in [-0.4, -0.2) is 26.8 Å². The highest BCUT2D eigenvalue weighted by molar-refractivity contribution is 5.25. The third kappa shape index (κ3) is 2.88. The van der Waals surface area contributed by atoms with Crippen LogP contribution >= 0.6 is 0 Å². The summed E-state index contributed by atoms with van der Waals surface area (Å²) in [7, 11) is 0. The van der Waals surface area contributed by atoms with Crippen molar-refractivity contribution in [3.05, 3.63) is 41.2 Å². The first-order valence-corrected chi connectivity index (χ1v) is 5.81. The zero-order valence-corrected chi connectivity index (χ0v) is 10.2. The number of rotatable bonds is 5. The second-order valence-corrected chi connectivity index (χ2v) is 3.96. The standard InChI is InChI=1S/C12H17N5/c1-3-13-8-12-14-15-16-17(12)9-11-7-5-4-6-10(11)2/h4-7,13H,3,8-9H2,1-2H3. The van der Waals surface area contributed by atoms with E-state index < -0.39 is 0 Å². The van der Waals surface area contributed by atoms with Crippen molar-refractivity contribution in [3.63, 3.8) is 0 Å². The van der Waals surface area contributed by atoms with Gasteiger partial charge in [0.05, 0.1) is 13.1 Å². The maximum Gasteiger partial charge on any atom is 0.165 e. The van der Waals surface area contributed by atoms with Crippen molar-refractivity contribution in [1.82, 2.24) is 25.5 Å². The van der Waals surface area contributed by atoms with Crippen molar-refractivity contribution in [1.29, 1.82) is 0 Å². The maximum atomic E-state index is 4.02. The molecule has 2 rings (SSSR count). The van der Waals surface area contributed by atoms with E-state index in [2.05, 4.69) is 46.8 Å². The van der Waals surface area contributed by atoms with E-state index in [9.17, 15) is 0 Å². The molecule has 0 unspecified atom stereocenters. The van der Waals surface area contributed by atoms with E-state index in [0.29, 0.717) is 6.54 Å².